The molecule has 3 rings (SSSR count). The fourth-order valence-corrected chi connectivity index (χ4v) is 3.34. The Balaban J connectivity index is 1.43. The Labute approximate surface area is 167 Å². The van der Waals surface area contributed by atoms with Gasteiger partial charge in [-0.05, 0) is 37.1 Å². The average molecular weight is 406 g/mol. The van der Waals surface area contributed by atoms with Crippen molar-refractivity contribution in [3.8, 4) is 0 Å². The summed E-state index contributed by atoms with van der Waals surface area (Å²) in [6, 6.07) is 5.33. The van der Waals surface area contributed by atoms with Crippen LogP contribution in [-0.4, -0.2) is 47.5 Å². The highest BCUT2D eigenvalue weighted by atomic mass is 35.5. The van der Waals surface area contributed by atoms with Crippen LogP contribution in [0.15, 0.2) is 36.7 Å². The van der Waals surface area contributed by atoms with Gasteiger partial charge in [0.25, 0.3) is 5.91 Å². The number of anilines is 1. The minimum atomic E-state index is -0.511. The maximum absolute atomic E-state index is 13.0. The molecule has 1 unspecified atom stereocenters. The van der Waals surface area contributed by atoms with E-state index in [0.717, 1.165) is 25.5 Å². The lowest BCUT2D eigenvalue weighted by Crippen LogP contribution is -2.48. The van der Waals surface area contributed by atoms with Crippen molar-refractivity contribution in [2.24, 2.45) is 0 Å². The lowest BCUT2D eigenvalue weighted by molar-refractivity contribution is -0.121. The monoisotopic (exact) mass is 405 g/mol. The molecule has 1 aliphatic rings. The third-order valence-corrected chi connectivity index (χ3v) is 4.75. The smallest absolute Gasteiger partial charge is 0.252 e. The van der Waals surface area contributed by atoms with E-state index in [1.165, 1.54) is 12.1 Å². The lowest BCUT2D eigenvalue weighted by Gasteiger charge is -2.33. The van der Waals surface area contributed by atoms with Crippen molar-refractivity contribution in [2.75, 3.05) is 24.5 Å². The van der Waals surface area contributed by atoms with Crippen LogP contribution in [-0.2, 0) is 4.79 Å². The first kappa shape index (κ1) is 20.0. The van der Waals surface area contributed by atoms with E-state index in [0.29, 0.717) is 12.5 Å². The van der Waals surface area contributed by atoms with Gasteiger partial charge in [0, 0.05) is 44.5 Å². The summed E-state index contributed by atoms with van der Waals surface area (Å²) >= 11 is 5.86. The Hall–Kier alpha value is -2.74. The van der Waals surface area contributed by atoms with Crippen LogP contribution in [0.5, 0.6) is 0 Å². The van der Waals surface area contributed by atoms with Crippen molar-refractivity contribution in [1.82, 2.24) is 20.6 Å². The molecule has 2 aromatic rings. The quantitative estimate of drug-likeness (QED) is 0.769. The number of piperidine rings is 1. The number of hydrogen-bond donors (Lipinski definition) is 2. The van der Waals surface area contributed by atoms with Gasteiger partial charge >= 0.3 is 0 Å². The fraction of sp³-hybridized carbons (Fsp3) is 0.368. The predicted octanol–water partition coefficient (Wildman–Crippen LogP) is 2.17. The highest BCUT2D eigenvalue weighted by Gasteiger charge is 2.23. The molecular formula is C19H21ClFN5O2. The summed E-state index contributed by atoms with van der Waals surface area (Å²) in [6.45, 7) is 1.66. The molecule has 28 heavy (non-hydrogen) atoms. The van der Waals surface area contributed by atoms with Crippen molar-refractivity contribution in [3.05, 3.63) is 53.1 Å². The van der Waals surface area contributed by atoms with Gasteiger partial charge in [0.1, 0.15) is 5.82 Å². The van der Waals surface area contributed by atoms with Gasteiger partial charge in [-0.3, -0.25) is 9.59 Å². The van der Waals surface area contributed by atoms with Crippen molar-refractivity contribution in [2.45, 2.75) is 25.3 Å². The summed E-state index contributed by atoms with van der Waals surface area (Å²) < 4.78 is 13.0. The van der Waals surface area contributed by atoms with Gasteiger partial charge in [0.15, 0.2) is 0 Å². The molecule has 1 saturated heterocycles. The first-order valence-electron chi connectivity index (χ1n) is 9.07. The molecule has 7 nitrogen and oxygen atoms in total. The molecule has 1 atom stereocenters. The molecular weight excluding hydrogens is 385 g/mol. The Kier molecular flexibility index (Phi) is 6.76. The largest absolute Gasteiger partial charge is 0.352 e. The molecule has 9 heteroatoms. The van der Waals surface area contributed by atoms with Crippen LogP contribution in [0.3, 0.4) is 0 Å². The molecule has 1 aromatic heterocycles. The molecule has 0 spiro atoms. The molecule has 1 aromatic carbocycles. The van der Waals surface area contributed by atoms with E-state index in [4.69, 9.17) is 11.6 Å². The third kappa shape index (κ3) is 5.39. The second kappa shape index (κ2) is 9.45. The number of benzene rings is 1. The molecule has 0 bridgehead atoms. The molecule has 148 valence electrons. The number of halogens is 2. The first-order valence-corrected chi connectivity index (χ1v) is 9.45. The van der Waals surface area contributed by atoms with Crippen LogP contribution >= 0.6 is 11.6 Å². The van der Waals surface area contributed by atoms with E-state index < -0.39 is 11.7 Å². The summed E-state index contributed by atoms with van der Waals surface area (Å²) in [6.07, 6.45) is 5.35. The third-order valence-electron chi connectivity index (χ3n) is 4.43. The maximum Gasteiger partial charge on any atom is 0.252 e. The lowest BCUT2D eigenvalue weighted by atomic mass is 10.1. The highest BCUT2D eigenvalue weighted by molar-refractivity contribution is 6.33. The number of carbonyl (C=O) groups excluding carboxylic acids is 2. The zero-order valence-electron chi connectivity index (χ0n) is 15.2. The Bertz CT molecular complexity index is 836. The van der Waals surface area contributed by atoms with Crippen LogP contribution < -0.4 is 15.5 Å². The normalized spacial score (nSPS) is 16.5. The van der Waals surface area contributed by atoms with Crippen molar-refractivity contribution in [3.63, 3.8) is 0 Å². The maximum atomic E-state index is 13.0. The van der Waals surface area contributed by atoms with E-state index in [9.17, 15) is 14.0 Å². The second-order valence-electron chi connectivity index (χ2n) is 6.53. The number of rotatable bonds is 6. The summed E-state index contributed by atoms with van der Waals surface area (Å²) in [5.41, 5.74) is 0.175. The molecule has 2 heterocycles. The fourth-order valence-electron chi connectivity index (χ4n) is 3.09. The molecule has 1 aliphatic heterocycles. The van der Waals surface area contributed by atoms with Crippen LogP contribution in [0, 0.1) is 5.82 Å². The van der Waals surface area contributed by atoms with Gasteiger partial charge < -0.3 is 15.5 Å². The highest BCUT2D eigenvalue weighted by Crippen LogP contribution is 2.17. The average Bonchev–Trinajstić information content (AvgIpc) is 2.68. The summed E-state index contributed by atoms with van der Waals surface area (Å²) in [5.74, 6) is -0.442. The van der Waals surface area contributed by atoms with Gasteiger partial charge in [-0.15, -0.1) is 0 Å². The summed E-state index contributed by atoms with van der Waals surface area (Å²) in [4.78, 5) is 34.8. The Morgan fingerprint density at radius 1 is 1.29 bits per heavy atom. The zero-order valence-corrected chi connectivity index (χ0v) is 16.0. The number of nitrogens with one attached hydrogen (secondary N) is 2. The van der Waals surface area contributed by atoms with E-state index in [1.54, 1.807) is 18.5 Å². The zero-order chi connectivity index (χ0) is 19.9. The van der Waals surface area contributed by atoms with Gasteiger partial charge in [0.2, 0.25) is 11.9 Å². The van der Waals surface area contributed by atoms with E-state index >= 15 is 0 Å². The SMILES string of the molecule is O=C(CCNC(=O)c1ccc(F)cc1Cl)NC1CCCN(c2ncccn2)C1. The minimum absolute atomic E-state index is 0.00676. The molecule has 2 amide bonds. The second-order valence-corrected chi connectivity index (χ2v) is 6.94. The van der Waals surface area contributed by atoms with Gasteiger partial charge in [0.05, 0.1) is 10.6 Å². The van der Waals surface area contributed by atoms with Crippen molar-refractivity contribution >= 4 is 29.4 Å². The standard InChI is InChI=1S/C19H21ClFN5O2/c20-16-11-13(21)4-5-15(16)18(28)22-9-6-17(27)25-14-3-1-10-26(12-14)19-23-7-2-8-24-19/h2,4-5,7-8,11,14H,1,3,6,9-10,12H2,(H,22,28)(H,25,27). The minimum Gasteiger partial charge on any atom is -0.352 e. The number of aromatic nitrogens is 2. The van der Waals surface area contributed by atoms with Crippen molar-refractivity contribution < 1.29 is 14.0 Å². The molecule has 0 radical (unpaired) electrons. The van der Waals surface area contributed by atoms with Crippen LogP contribution in [0.2, 0.25) is 5.02 Å². The van der Waals surface area contributed by atoms with Crippen LogP contribution in [0.1, 0.15) is 29.6 Å². The summed E-state index contributed by atoms with van der Waals surface area (Å²) in [5, 5.41) is 5.65. The Morgan fingerprint density at radius 3 is 2.82 bits per heavy atom. The van der Waals surface area contributed by atoms with E-state index in [2.05, 4.69) is 20.6 Å². The van der Waals surface area contributed by atoms with Crippen LogP contribution in [0.4, 0.5) is 10.3 Å². The van der Waals surface area contributed by atoms with E-state index in [-0.39, 0.29) is 35.5 Å². The van der Waals surface area contributed by atoms with Gasteiger partial charge in [-0.25, -0.2) is 14.4 Å². The molecule has 2 N–H and O–H groups in total. The summed E-state index contributed by atoms with van der Waals surface area (Å²) in [7, 11) is 0. The first-order chi connectivity index (χ1) is 13.5. The van der Waals surface area contributed by atoms with Crippen molar-refractivity contribution in [1.29, 1.82) is 0 Å². The van der Waals surface area contributed by atoms with Gasteiger partial charge in [-0.2, -0.15) is 0 Å². The van der Waals surface area contributed by atoms with E-state index in [1.807, 2.05) is 4.90 Å². The molecule has 1 fully saturated rings. The predicted molar refractivity (Wildman–Crippen MR) is 104 cm³/mol. The van der Waals surface area contributed by atoms with Gasteiger partial charge in [-0.1, -0.05) is 11.6 Å². The number of hydrogen-bond acceptors (Lipinski definition) is 5. The number of carbonyl (C=O) groups is 2. The molecule has 0 aliphatic carbocycles. The number of nitrogens with zero attached hydrogens (tertiary/aromatic N) is 3. The molecule has 0 saturated carbocycles. The topological polar surface area (TPSA) is 87.2 Å². The number of amides is 2. The van der Waals surface area contributed by atoms with Crippen LogP contribution in [0.25, 0.3) is 0 Å². The Morgan fingerprint density at radius 2 is 2.07 bits per heavy atom.